The van der Waals surface area contributed by atoms with Crippen molar-refractivity contribution in [1.29, 1.82) is 0 Å². The van der Waals surface area contributed by atoms with Gasteiger partial charge in [0.05, 0.1) is 23.3 Å². The van der Waals surface area contributed by atoms with Crippen LogP contribution in [0.25, 0.3) is 21.9 Å². The van der Waals surface area contributed by atoms with Gasteiger partial charge in [0.15, 0.2) is 0 Å². The zero-order valence-corrected chi connectivity index (χ0v) is 13.0. The number of pyridine rings is 1. The van der Waals surface area contributed by atoms with Gasteiger partial charge in [-0.15, -0.1) is 0 Å². The highest BCUT2D eigenvalue weighted by atomic mass is 16.2. The quantitative estimate of drug-likeness (QED) is 0.528. The van der Waals surface area contributed by atoms with Crippen molar-refractivity contribution >= 4 is 39.5 Å². The Morgan fingerprint density at radius 1 is 1.17 bits per heavy atom. The molecule has 0 unspecified atom stereocenters. The highest BCUT2D eigenvalue weighted by Crippen LogP contribution is 2.24. The Kier molecular flexibility index (Phi) is 3.12. The molecule has 0 bridgehead atoms. The minimum atomic E-state index is -0.128. The van der Waals surface area contributed by atoms with E-state index in [0.717, 1.165) is 16.3 Å². The summed E-state index contributed by atoms with van der Waals surface area (Å²) in [5.74, 6) is 1.08. The smallest absolute Gasteiger partial charge is 0.269 e. The van der Waals surface area contributed by atoms with Crippen molar-refractivity contribution in [3.8, 4) is 0 Å². The number of H-pyrrole nitrogens is 2. The Morgan fingerprint density at radius 2 is 2.04 bits per heavy atom. The summed E-state index contributed by atoms with van der Waals surface area (Å²) in [6.45, 7) is 0. The summed E-state index contributed by atoms with van der Waals surface area (Å²) in [6.07, 6.45) is 4.85. The molecule has 0 spiro atoms. The van der Waals surface area contributed by atoms with Crippen molar-refractivity contribution in [3.05, 3.63) is 36.5 Å². The summed E-state index contributed by atoms with van der Waals surface area (Å²) < 4.78 is 0. The fourth-order valence-electron chi connectivity index (χ4n) is 2.43. The van der Waals surface area contributed by atoms with E-state index < -0.39 is 0 Å². The number of aromatic nitrogens is 6. The molecular weight excluding hydrogens is 308 g/mol. The summed E-state index contributed by atoms with van der Waals surface area (Å²) >= 11 is 0. The van der Waals surface area contributed by atoms with Crippen molar-refractivity contribution in [2.75, 3.05) is 19.4 Å². The Labute approximate surface area is 136 Å². The molecule has 4 rings (SSSR count). The van der Waals surface area contributed by atoms with E-state index >= 15 is 0 Å². The molecule has 9 nitrogen and oxygen atoms in total. The van der Waals surface area contributed by atoms with Gasteiger partial charge in [0.2, 0.25) is 0 Å². The van der Waals surface area contributed by atoms with Crippen LogP contribution in [0.5, 0.6) is 0 Å². The SMILES string of the molecule is CN(C)C(=O)c1cc2c(Nc3cc4cn[nH]c4cn3)ncnc2[nH]1. The molecule has 0 atom stereocenters. The van der Waals surface area contributed by atoms with Crippen LogP contribution in [0.1, 0.15) is 10.5 Å². The van der Waals surface area contributed by atoms with E-state index in [9.17, 15) is 4.79 Å². The number of amides is 1. The van der Waals surface area contributed by atoms with Gasteiger partial charge >= 0.3 is 0 Å². The molecule has 3 N–H and O–H groups in total. The number of nitrogens with zero attached hydrogens (tertiary/aromatic N) is 5. The molecule has 0 saturated carbocycles. The fourth-order valence-corrected chi connectivity index (χ4v) is 2.43. The topological polar surface area (TPSA) is 115 Å². The third-order valence-corrected chi connectivity index (χ3v) is 3.63. The van der Waals surface area contributed by atoms with Crippen molar-refractivity contribution in [2.45, 2.75) is 0 Å². The maximum atomic E-state index is 12.1. The third kappa shape index (κ3) is 2.32. The first-order chi connectivity index (χ1) is 11.6. The van der Waals surface area contributed by atoms with Crippen LogP contribution in [-0.2, 0) is 0 Å². The van der Waals surface area contributed by atoms with Crippen LogP contribution in [0.4, 0.5) is 11.6 Å². The number of carbonyl (C=O) groups is 1. The van der Waals surface area contributed by atoms with Crippen LogP contribution < -0.4 is 5.32 Å². The molecule has 0 saturated heterocycles. The van der Waals surface area contributed by atoms with E-state index in [-0.39, 0.29) is 5.91 Å². The number of hydrogen-bond donors (Lipinski definition) is 3. The first-order valence-corrected chi connectivity index (χ1v) is 7.23. The Bertz CT molecular complexity index is 1050. The molecule has 0 aliphatic carbocycles. The van der Waals surface area contributed by atoms with Crippen LogP contribution in [0.15, 0.2) is 30.9 Å². The minimum absolute atomic E-state index is 0.128. The first kappa shape index (κ1) is 14.1. The number of hydrogen-bond acceptors (Lipinski definition) is 6. The van der Waals surface area contributed by atoms with Crippen LogP contribution in [-0.4, -0.2) is 55.0 Å². The lowest BCUT2D eigenvalue weighted by molar-refractivity contribution is 0.0823. The van der Waals surface area contributed by atoms with E-state index in [1.807, 2.05) is 6.07 Å². The highest BCUT2D eigenvalue weighted by molar-refractivity contribution is 6.00. The number of rotatable bonds is 3. The lowest BCUT2D eigenvalue weighted by Crippen LogP contribution is -2.21. The average molecular weight is 322 g/mol. The molecular formula is C15H14N8O. The second kappa shape index (κ2) is 5.30. The number of fused-ring (bicyclic) bond motifs is 2. The van der Waals surface area contributed by atoms with E-state index in [4.69, 9.17) is 0 Å². The number of nitrogens with one attached hydrogen (secondary N) is 3. The zero-order valence-electron chi connectivity index (χ0n) is 13.0. The molecule has 0 aliphatic rings. The molecule has 0 fully saturated rings. The van der Waals surface area contributed by atoms with Crippen LogP contribution in [0.2, 0.25) is 0 Å². The monoisotopic (exact) mass is 322 g/mol. The number of anilines is 2. The lowest BCUT2D eigenvalue weighted by Gasteiger charge is -2.07. The van der Waals surface area contributed by atoms with Crippen LogP contribution in [0.3, 0.4) is 0 Å². The van der Waals surface area contributed by atoms with E-state index in [1.54, 1.807) is 32.6 Å². The van der Waals surface area contributed by atoms with Crippen molar-refractivity contribution < 1.29 is 4.79 Å². The summed E-state index contributed by atoms with van der Waals surface area (Å²) in [6, 6.07) is 3.60. The van der Waals surface area contributed by atoms with Crippen LogP contribution >= 0.6 is 0 Å². The van der Waals surface area contributed by atoms with Gasteiger partial charge in [-0.3, -0.25) is 9.89 Å². The molecule has 1 amide bonds. The number of aromatic amines is 2. The Hall–Kier alpha value is -3.49. The summed E-state index contributed by atoms with van der Waals surface area (Å²) in [5.41, 5.74) is 1.90. The largest absolute Gasteiger partial charge is 0.344 e. The standard InChI is InChI=1S/C15H14N8O/c1-23(2)15(24)10-4-9-13(20-10)17-7-18-14(9)21-12-3-8-5-19-22-11(8)6-16-12/h3-7H,1-2H3,(H,19,22)(H2,16,17,18,20,21). The molecule has 4 heterocycles. The van der Waals surface area contributed by atoms with Gasteiger partial charge in [-0.05, 0) is 12.1 Å². The summed E-state index contributed by atoms with van der Waals surface area (Å²) in [5, 5.41) is 11.6. The second-order valence-electron chi connectivity index (χ2n) is 5.52. The molecule has 0 radical (unpaired) electrons. The zero-order chi connectivity index (χ0) is 16.7. The third-order valence-electron chi connectivity index (χ3n) is 3.63. The predicted molar refractivity (Wildman–Crippen MR) is 89.1 cm³/mol. The Morgan fingerprint density at radius 3 is 2.88 bits per heavy atom. The van der Waals surface area contributed by atoms with E-state index in [2.05, 4.69) is 35.5 Å². The summed E-state index contributed by atoms with van der Waals surface area (Å²) in [4.78, 5) is 29.4. The van der Waals surface area contributed by atoms with Gasteiger partial charge in [-0.25, -0.2) is 15.0 Å². The highest BCUT2D eigenvalue weighted by Gasteiger charge is 2.15. The second-order valence-corrected chi connectivity index (χ2v) is 5.52. The molecule has 24 heavy (non-hydrogen) atoms. The molecule has 9 heteroatoms. The van der Waals surface area contributed by atoms with Gasteiger partial charge < -0.3 is 15.2 Å². The Balaban J connectivity index is 1.74. The van der Waals surface area contributed by atoms with Gasteiger partial charge in [0, 0.05) is 19.5 Å². The fraction of sp³-hybridized carbons (Fsp3) is 0.133. The molecule has 4 aromatic heterocycles. The molecule has 120 valence electrons. The minimum Gasteiger partial charge on any atom is -0.344 e. The van der Waals surface area contributed by atoms with E-state index in [1.165, 1.54) is 11.2 Å². The lowest BCUT2D eigenvalue weighted by atomic mass is 10.3. The number of carbonyl (C=O) groups excluding carboxylic acids is 1. The van der Waals surface area contributed by atoms with Gasteiger partial charge in [-0.2, -0.15) is 5.10 Å². The normalized spacial score (nSPS) is 11.1. The predicted octanol–water partition coefficient (Wildman–Crippen LogP) is 1.67. The van der Waals surface area contributed by atoms with Gasteiger partial charge in [0.25, 0.3) is 5.91 Å². The first-order valence-electron chi connectivity index (χ1n) is 7.23. The molecule has 0 aliphatic heterocycles. The maximum absolute atomic E-state index is 12.1. The maximum Gasteiger partial charge on any atom is 0.269 e. The van der Waals surface area contributed by atoms with Crippen molar-refractivity contribution in [2.24, 2.45) is 0 Å². The molecule has 4 aromatic rings. The van der Waals surface area contributed by atoms with E-state index in [0.29, 0.717) is 23.0 Å². The van der Waals surface area contributed by atoms with Crippen LogP contribution in [0, 0.1) is 0 Å². The average Bonchev–Trinajstić information content (AvgIpc) is 3.20. The van der Waals surface area contributed by atoms with Crippen molar-refractivity contribution in [1.82, 2.24) is 35.0 Å². The summed E-state index contributed by atoms with van der Waals surface area (Å²) in [7, 11) is 3.39. The van der Waals surface area contributed by atoms with Gasteiger partial charge in [0.1, 0.15) is 29.3 Å². The van der Waals surface area contributed by atoms with Gasteiger partial charge in [-0.1, -0.05) is 0 Å². The molecule has 0 aromatic carbocycles. The van der Waals surface area contributed by atoms with Crippen molar-refractivity contribution in [3.63, 3.8) is 0 Å².